The van der Waals surface area contributed by atoms with E-state index in [2.05, 4.69) is 39.2 Å². The average molecular weight is 438 g/mol. The molecular weight excluding hydrogens is 410 g/mol. The first-order chi connectivity index (χ1) is 14.9. The maximum Gasteiger partial charge on any atom is 0.253 e. The van der Waals surface area contributed by atoms with Crippen LogP contribution in [-0.4, -0.2) is 41.7 Å². The number of amides is 1. The standard InChI is InChI=1S/C22H27N7OS/c1-6-12(2)19(20-24-16-9-7-8-10-17(16)25-20)26-18(30)11-15-13(3)23-21-27-22(31-5)28-29(21)14(15)4/h7-10,12,19H,6,11H2,1-5H3,(H,24,25)(H,26,30). The second kappa shape index (κ2) is 8.66. The van der Waals surface area contributed by atoms with E-state index in [1.165, 1.54) is 11.8 Å². The van der Waals surface area contributed by atoms with Crippen LogP contribution >= 0.6 is 11.8 Å². The summed E-state index contributed by atoms with van der Waals surface area (Å²) < 4.78 is 1.72. The molecule has 0 saturated heterocycles. The number of para-hydroxylation sites is 2. The zero-order chi connectivity index (χ0) is 22.1. The summed E-state index contributed by atoms with van der Waals surface area (Å²) in [6, 6.07) is 7.71. The lowest BCUT2D eigenvalue weighted by atomic mass is 9.98. The van der Waals surface area contributed by atoms with Gasteiger partial charge in [0.15, 0.2) is 0 Å². The molecule has 0 aliphatic rings. The highest BCUT2D eigenvalue weighted by atomic mass is 32.2. The number of aromatic amines is 1. The van der Waals surface area contributed by atoms with E-state index in [9.17, 15) is 4.79 Å². The first-order valence-corrected chi connectivity index (χ1v) is 11.6. The fourth-order valence-electron chi connectivity index (χ4n) is 3.75. The molecule has 4 aromatic rings. The number of carbonyl (C=O) groups excluding carboxylic acids is 1. The normalized spacial score (nSPS) is 13.6. The Hall–Kier alpha value is -2.94. The lowest BCUT2D eigenvalue weighted by Crippen LogP contribution is -2.34. The number of rotatable bonds is 7. The van der Waals surface area contributed by atoms with Crippen molar-refractivity contribution in [3.8, 4) is 0 Å². The van der Waals surface area contributed by atoms with Gasteiger partial charge in [-0.15, -0.1) is 5.10 Å². The SMILES string of the molecule is CCC(C)C(NC(=O)Cc1c(C)nc2nc(SC)nn2c1C)c1nc2ccccc2[nH]1. The summed E-state index contributed by atoms with van der Waals surface area (Å²) in [7, 11) is 0. The van der Waals surface area contributed by atoms with Crippen molar-refractivity contribution in [1.82, 2.24) is 34.9 Å². The fourth-order valence-corrected chi connectivity index (χ4v) is 4.09. The molecule has 2 N–H and O–H groups in total. The average Bonchev–Trinajstić information content (AvgIpc) is 3.38. The van der Waals surface area contributed by atoms with Gasteiger partial charge in [0.2, 0.25) is 11.1 Å². The van der Waals surface area contributed by atoms with E-state index in [4.69, 9.17) is 4.98 Å². The van der Waals surface area contributed by atoms with Crippen LogP contribution in [0, 0.1) is 19.8 Å². The van der Waals surface area contributed by atoms with E-state index < -0.39 is 0 Å². The number of nitrogens with zero attached hydrogens (tertiary/aromatic N) is 5. The quantitative estimate of drug-likeness (QED) is 0.427. The van der Waals surface area contributed by atoms with Crippen LogP contribution in [0.1, 0.15) is 49.1 Å². The first-order valence-electron chi connectivity index (χ1n) is 10.4. The molecule has 0 aliphatic carbocycles. The zero-order valence-corrected chi connectivity index (χ0v) is 19.2. The Bertz CT molecular complexity index is 1210. The van der Waals surface area contributed by atoms with Crippen LogP contribution in [0.15, 0.2) is 29.4 Å². The number of fused-ring (bicyclic) bond motifs is 2. The topological polar surface area (TPSA) is 101 Å². The number of H-pyrrole nitrogens is 1. The monoisotopic (exact) mass is 437 g/mol. The van der Waals surface area contributed by atoms with E-state index in [1.807, 2.05) is 44.4 Å². The maximum absolute atomic E-state index is 13.1. The molecule has 0 fully saturated rings. The van der Waals surface area contributed by atoms with Crippen LogP contribution in [0.5, 0.6) is 0 Å². The molecule has 9 heteroatoms. The van der Waals surface area contributed by atoms with Gasteiger partial charge in [-0.2, -0.15) is 4.98 Å². The summed E-state index contributed by atoms with van der Waals surface area (Å²) in [5, 5.41) is 8.34. The molecule has 0 radical (unpaired) electrons. The highest BCUT2D eigenvalue weighted by Gasteiger charge is 2.25. The van der Waals surface area contributed by atoms with Gasteiger partial charge < -0.3 is 10.3 Å². The highest BCUT2D eigenvalue weighted by Crippen LogP contribution is 2.25. The molecule has 2 atom stereocenters. The van der Waals surface area contributed by atoms with Crippen LogP contribution in [0.2, 0.25) is 0 Å². The van der Waals surface area contributed by atoms with Gasteiger partial charge in [0.25, 0.3) is 5.78 Å². The second-order valence-corrected chi connectivity index (χ2v) is 8.59. The smallest absolute Gasteiger partial charge is 0.253 e. The van der Waals surface area contributed by atoms with E-state index in [1.54, 1.807) is 4.52 Å². The molecule has 0 spiro atoms. The second-order valence-electron chi connectivity index (χ2n) is 7.82. The van der Waals surface area contributed by atoms with Gasteiger partial charge in [0, 0.05) is 17.0 Å². The number of hydrogen-bond donors (Lipinski definition) is 2. The Kier molecular flexibility index (Phi) is 5.95. The van der Waals surface area contributed by atoms with Gasteiger partial charge >= 0.3 is 0 Å². The Morgan fingerprint density at radius 1 is 1.23 bits per heavy atom. The molecule has 8 nitrogen and oxygen atoms in total. The largest absolute Gasteiger partial charge is 0.346 e. The van der Waals surface area contributed by atoms with Gasteiger partial charge in [-0.25, -0.2) is 14.5 Å². The van der Waals surface area contributed by atoms with Crippen molar-refractivity contribution in [1.29, 1.82) is 0 Å². The van der Waals surface area contributed by atoms with Crippen molar-refractivity contribution in [2.45, 2.75) is 51.7 Å². The van der Waals surface area contributed by atoms with Crippen molar-refractivity contribution in [2.24, 2.45) is 5.92 Å². The minimum atomic E-state index is -0.198. The lowest BCUT2D eigenvalue weighted by Gasteiger charge is -2.23. The molecule has 31 heavy (non-hydrogen) atoms. The van der Waals surface area contributed by atoms with Crippen molar-refractivity contribution in [2.75, 3.05) is 6.26 Å². The fraction of sp³-hybridized carbons (Fsp3) is 0.409. The minimum Gasteiger partial charge on any atom is -0.346 e. The van der Waals surface area contributed by atoms with Gasteiger partial charge in [-0.1, -0.05) is 44.2 Å². The molecule has 0 aliphatic heterocycles. The summed E-state index contributed by atoms with van der Waals surface area (Å²) in [6.07, 6.45) is 3.07. The number of hydrogen-bond acceptors (Lipinski definition) is 6. The zero-order valence-electron chi connectivity index (χ0n) is 18.4. The van der Waals surface area contributed by atoms with Crippen molar-refractivity contribution in [3.63, 3.8) is 0 Å². The van der Waals surface area contributed by atoms with E-state index >= 15 is 0 Å². The number of carbonyl (C=O) groups is 1. The van der Waals surface area contributed by atoms with Crippen molar-refractivity contribution in [3.05, 3.63) is 47.0 Å². The third-order valence-corrected chi connectivity index (χ3v) is 6.32. The van der Waals surface area contributed by atoms with E-state index in [0.717, 1.165) is 40.2 Å². The number of benzene rings is 1. The molecule has 4 rings (SSSR count). The number of aromatic nitrogens is 6. The summed E-state index contributed by atoms with van der Waals surface area (Å²) in [6.45, 7) is 8.11. The number of imidazole rings is 1. The van der Waals surface area contributed by atoms with Gasteiger partial charge in [-0.05, 0) is 38.2 Å². The molecule has 1 aromatic carbocycles. The number of thioether (sulfide) groups is 1. The molecule has 162 valence electrons. The lowest BCUT2D eigenvalue weighted by molar-refractivity contribution is -0.121. The molecule has 0 bridgehead atoms. The van der Waals surface area contributed by atoms with Crippen molar-refractivity contribution >= 4 is 34.5 Å². The minimum absolute atomic E-state index is 0.0664. The van der Waals surface area contributed by atoms with Gasteiger partial charge in [0.05, 0.1) is 23.5 Å². The van der Waals surface area contributed by atoms with Crippen molar-refractivity contribution < 1.29 is 4.79 Å². The molecular formula is C22H27N7OS. The van der Waals surface area contributed by atoms with E-state index in [0.29, 0.717) is 10.9 Å². The van der Waals surface area contributed by atoms with Crippen LogP contribution in [-0.2, 0) is 11.2 Å². The van der Waals surface area contributed by atoms with Gasteiger partial charge in [0.1, 0.15) is 5.82 Å². The molecule has 0 saturated carbocycles. The summed E-state index contributed by atoms with van der Waals surface area (Å²) >= 11 is 1.47. The molecule has 1 amide bonds. The number of nitrogens with one attached hydrogen (secondary N) is 2. The number of aryl methyl sites for hydroxylation is 2. The van der Waals surface area contributed by atoms with Crippen LogP contribution in [0.25, 0.3) is 16.8 Å². The molecule has 2 unspecified atom stereocenters. The molecule has 3 heterocycles. The Morgan fingerprint density at radius 2 is 2.00 bits per heavy atom. The summed E-state index contributed by atoms with van der Waals surface area (Å²) in [5.41, 5.74) is 4.42. The van der Waals surface area contributed by atoms with Gasteiger partial charge in [-0.3, -0.25) is 4.79 Å². The van der Waals surface area contributed by atoms with E-state index in [-0.39, 0.29) is 24.3 Å². The predicted molar refractivity (Wildman–Crippen MR) is 122 cm³/mol. The summed E-state index contributed by atoms with van der Waals surface area (Å²) in [5.74, 6) is 1.50. The van der Waals surface area contributed by atoms with Crippen LogP contribution in [0.3, 0.4) is 0 Å². The predicted octanol–water partition coefficient (Wildman–Crippen LogP) is 3.79. The summed E-state index contributed by atoms with van der Waals surface area (Å²) in [4.78, 5) is 30.2. The van der Waals surface area contributed by atoms with Crippen LogP contribution in [0.4, 0.5) is 0 Å². The Morgan fingerprint density at radius 3 is 2.71 bits per heavy atom. The Balaban J connectivity index is 1.61. The highest BCUT2D eigenvalue weighted by molar-refractivity contribution is 7.98. The molecule has 3 aromatic heterocycles. The third-order valence-electron chi connectivity index (χ3n) is 5.78. The third kappa shape index (κ3) is 4.14. The Labute approximate surface area is 185 Å². The van der Waals surface area contributed by atoms with Crippen LogP contribution < -0.4 is 5.32 Å². The maximum atomic E-state index is 13.1. The first kappa shape index (κ1) is 21.3.